The van der Waals surface area contributed by atoms with Gasteiger partial charge in [-0.05, 0) is 43.3 Å². The predicted molar refractivity (Wildman–Crippen MR) is 130 cm³/mol. The van der Waals surface area contributed by atoms with Crippen molar-refractivity contribution in [2.24, 2.45) is 0 Å². The van der Waals surface area contributed by atoms with E-state index in [-0.39, 0.29) is 18.4 Å². The number of para-hydroxylation sites is 1. The summed E-state index contributed by atoms with van der Waals surface area (Å²) in [6, 6.07) is 18.1. The first-order valence-corrected chi connectivity index (χ1v) is 10.7. The van der Waals surface area contributed by atoms with Gasteiger partial charge in [-0.15, -0.1) is 0 Å². The van der Waals surface area contributed by atoms with E-state index in [0.717, 1.165) is 5.56 Å². The lowest BCUT2D eigenvalue weighted by Gasteiger charge is -2.12. The molecule has 0 radical (unpaired) electrons. The molecule has 1 N–H and O–H groups in total. The third-order valence-corrected chi connectivity index (χ3v) is 5.17. The van der Waals surface area contributed by atoms with Gasteiger partial charge in [0.2, 0.25) is 11.6 Å². The Kier molecular flexibility index (Phi) is 7.15. The first-order valence-electron chi connectivity index (χ1n) is 10.7. The average Bonchev–Trinajstić information content (AvgIpc) is 3.38. The highest BCUT2D eigenvalue weighted by Crippen LogP contribution is 2.41. The first kappa shape index (κ1) is 23.6. The van der Waals surface area contributed by atoms with Crippen molar-refractivity contribution < 1.29 is 28.3 Å². The molecule has 1 aromatic heterocycles. The third kappa shape index (κ3) is 5.35. The van der Waals surface area contributed by atoms with Crippen LogP contribution in [0.4, 0.5) is 5.69 Å². The molecule has 0 atom stereocenters. The van der Waals surface area contributed by atoms with Crippen molar-refractivity contribution in [2.45, 2.75) is 6.92 Å². The molecule has 0 saturated carbocycles. The Balaban J connectivity index is 1.54. The van der Waals surface area contributed by atoms with E-state index in [0.29, 0.717) is 45.6 Å². The zero-order valence-electron chi connectivity index (χ0n) is 19.8. The SMILES string of the molecule is COc1cc(-c2noc(-c3ccccc3NC(=O)COc3ccc(C)cc3)n2)cc(OC)c1OC. The average molecular weight is 476 g/mol. The van der Waals surface area contributed by atoms with Gasteiger partial charge in [-0.25, -0.2) is 0 Å². The molecule has 0 bridgehead atoms. The molecule has 0 unspecified atom stereocenters. The number of carbonyl (C=O) groups is 1. The zero-order valence-corrected chi connectivity index (χ0v) is 19.8. The van der Waals surface area contributed by atoms with Gasteiger partial charge >= 0.3 is 0 Å². The van der Waals surface area contributed by atoms with E-state index in [1.54, 1.807) is 30.3 Å². The molecule has 0 aliphatic heterocycles. The fourth-order valence-electron chi connectivity index (χ4n) is 3.41. The normalized spacial score (nSPS) is 10.5. The second kappa shape index (κ2) is 10.6. The Morgan fingerprint density at radius 1 is 0.943 bits per heavy atom. The number of benzene rings is 3. The molecule has 4 rings (SSSR count). The topological polar surface area (TPSA) is 105 Å². The molecule has 0 aliphatic rings. The number of hydrogen-bond acceptors (Lipinski definition) is 8. The third-order valence-electron chi connectivity index (χ3n) is 5.17. The Bertz CT molecular complexity index is 1290. The Hall–Kier alpha value is -4.53. The van der Waals surface area contributed by atoms with Gasteiger partial charge in [0.05, 0.1) is 32.6 Å². The maximum atomic E-state index is 12.5. The van der Waals surface area contributed by atoms with Crippen molar-refractivity contribution in [3.63, 3.8) is 0 Å². The van der Waals surface area contributed by atoms with Crippen LogP contribution in [0.3, 0.4) is 0 Å². The highest BCUT2D eigenvalue weighted by atomic mass is 16.5. The molecule has 0 saturated heterocycles. The molecular formula is C26H25N3O6. The fraction of sp³-hybridized carbons (Fsp3) is 0.192. The maximum absolute atomic E-state index is 12.5. The highest BCUT2D eigenvalue weighted by Gasteiger charge is 2.19. The van der Waals surface area contributed by atoms with Gasteiger partial charge in [-0.3, -0.25) is 4.79 Å². The fourth-order valence-corrected chi connectivity index (χ4v) is 3.41. The number of carbonyl (C=O) groups excluding carboxylic acids is 1. The summed E-state index contributed by atoms with van der Waals surface area (Å²) in [4.78, 5) is 17.0. The van der Waals surface area contributed by atoms with Gasteiger partial charge in [0.25, 0.3) is 11.8 Å². The lowest BCUT2D eigenvalue weighted by Crippen LogP contribution is -2.20. The van der Waals surface area contributed by atoms with Gasteiger partial charge in [0.1, 0.15) is 5.75 Å². The van der Waals surface area contributed by atoms with Crippen LogP contribution >= 0.6 is 0 Å². The van der Waals surface area contributed by atoms with Crippen LogP contribution < -0.4 is 24.3 Å². The van der Waals surface area contributed by atoms with Crippen LogP contribution in [-0.4, -0.2) is 44.0 Å². The van der Waals surface area contributed by atoms with E-state index < -0.39 is 0 Å². The van der Waals surface area contributed by atoms with E-state index in [9.17, 15) is 4.79 Å². The Morgan fingerprint density at radius 3 is 2.29 bits per heavy atom. The van der Waals surface area contributed by atoms with Gasteiger partial charge in [0.15, 0.2) is 18.1 Å². The number of ether oxygens (including phenoxy) is 4. The van der Waals surface area contributed by atoms with Crippen LogP contribution in [0.15, 0.2) is 65.2 Å². The molecule has 0 spiro atoms. The molecule has 1 amide bonds. The number of nitrogens with zero attached hydrogens (tertiary/aromatic N) is 2. The number of hydrogen-bond donors (Lipinski definition) is 1. The summed E-state index contributed by atoms with van der Waals surface area (Å²) in [5.41, 5.74) is 2.82. The van der Waals surface area contributed by atoms with Crippen LogP contribution in [0, 0.1) is 6.92 Å². The Labute approximate surface area is 202 Å². The molecule has 3 aromatic carbocycles. The molecular weight excluding hydrogens is 450 g/mol. The molecule has 0 aliphatic carbocycles. The number of anilines is 1. The smallest absolute Gasteiger partial charge is 0.262 e. The van der Waals surface area contributed by atoms with E-state index in [1.807, 2.05) is 37.3 Å². The number of rotatable bonds is 9. The zero-order chi connectivity index (χ0) is 24.8. The number of amides is 1. The second-order valence-electron chi connectivity index (χ2n) is 7.53. The summed E-state index contributed by atoms with van der Waals surface area (Å²) in [5, 5.41) is 6.94. The van der Waals surface area contributed by atoms with E-state index in [4.69, 9.17) is 23.5 Å². The largest absolute Gasteiger partial charge is 0.493 e. The number of aromatic nitrogens is 2. The minimum Gasteiger partial charge on any atom is -0.493 e. The predicted octanol–water partition coefficient (Wildman–Crippen LogP) is 4.76. The van der Waals surface area contributed by atoms with Crippen molar-refractivity contribution in [3.8, 4) is 45.8 Å². The van der Waals surface area contributed by atoms with Crippen molar-refractivity contribution in [1.29, 1.82) is 0 Å². The van der Waals surface area contributed by atoms with Crippen LogP contribution in [0.25, 0.3) is 22.8 Å². The van der Waals surface area contributed by atoms with Crippen LogP contribution in [-0.2, 0) is 4.79 Å². The van der Waals surface area contributed by atoms with Gasteiger partial charge in [-0.2, -0.15) is 4.98 Å². The van der Waals surface area contributed by atoms with E-state index in [2.05, 4.69) is 15.5 Å². The van der Waals surface area contributed by atoms with Crippen molar-refractivity contribution >= 4 is 11.6 Å². The van der Waals surface area contributed by atoms with E-state index >= 15 is 0 Å². The standard InChI is InChI=1S/C26H25N3O6/c1-16-9-11-18(12-10-16)34-15-23(30)27-20-8-6-5-7-19(20)26-28-25(29-35-26)17-13-21(31-2)24(33-4)22(14-17)32-3/h5-14H,15H2,1-4H3,(H,27,30). The van der Waals surface area contributed by atoms with E-state index in [1.165, 1.54) is 21.3 Å². The van der Waals surface area contributed by atoms with Gasteiger partial charge in [-0.1, -0.05) is 35.0 Å². The van der Waals surface area contributed by atoms with Crippen molar-refractivity contribution in [1.82, 2.24) is 10.1 Å². The summed E-state index contributed by atoms with van der Waals surface area (Å²) in [5.74, 6) is 2.26. The van der Waals surface area contributed by atoms with Crippen LogP contribution in [0.5, 0.6) is 23.0 Å². The highest BCUT2D eigenvalue weighted by molar-refractivity contribution is 5.95. The molecule has 1 heterocycles. The monoisotopic (exact) mass is 475 g/mol. The quantitative estimate of drug-likeness (QED) is 0.370. The summed E-state index contributed by atoms with van der Waals surface area (Å²) >= 11 is 0. The minimum atomic E-state index is -0.317. The van der Waals surface area contributed by atoms with Gasteiger partial charge < -0.3 is 28.8 Å². The first-order chi connectivity index (χ1) is 17.0. The Morgan fingerprint density at radius 2 is 1.63 bits per heavy atom. The lowest BCUT2D eigenvalue weighted by atomic mass is 10.1. The summed E-state index contributed by atoms with van der Waals surface area (Å²) < 4.78 is 27.3. The van der Waals surface area contributed by atoms with Crippen molar-refractivity contribution in [2.75, 3.05) is 33.3 Å². The summed E-state index contributed by atoms with van der Waals surface area (Å²) in [6.07, 6.45) is 0. The molecule has 9 nitrogen and oxygen atoms in total. The van der Waals surface area contributed by atoms with Crippen molar-refractivity contribution in [3.05, 3.63) is 66.2 Å². The number of methoxy groups -OCH3 is 3. The summed E-state index contributed by atoms with van der Waals surface area (Å²) in [7, 11) is 4.60. The lowest BCUT2D eigenvalue weighted by molar-refractivity contribution is -0.118. The van der Waals surface area contributed by atoms with Crippen LogP contribution in [0.1, 0.15) is 5.56 Å². The van der Waals surface area contributed by atoms with Gasteiger partial charge in [0, 0.05) is 5.56 Å². The molecule has 4 aromatic rings. The molecule has 35 heavy (non-hydrogen) atoms. The number of nitrogens with one attached hydrogen (secondary N) is 1. The van der Waals surface area contributed by atoms with Crippen LogP contribution in [0.2, 0.25) is 0 Å². The molecule has 9 heteroatoms. The summed E-state index contributed by atoms with van der Waals surface area (Å²) in [6.45, 7) is 1.84. The molecule has 180 valence electrons. The second-order valence-corrected chi connectivity index (χ2v) is 7.53. The maximum Gasteiger partial charge on any atom is 0.262 e. The number of aryl methyl sites for hydroxylation is 1. The minimum absolute atomic E-state index is 0.141. The molecule has 0 fully saturated rings.